The Labute approximate surface area is 123 Å². The number of fused-ring (bicyclic) bond motifs is 1. The van der Waals surface area contributed by atoms with E-state index >= 15 is 0 Å². The standard InChI is InChI=1S/C16H14ClN3/c1-19-8-9-20(15-5-3-2-4-14(15)19)16-10-13(17)7-6-12(16)11-18/h2-7,10H,8-9H2,1H3. The van der Waals surface area contributed by atoms with E-state index in [-0.39, 0.29) is 0 Å². The number of para-hydroxylation sites is 2. The van der Waals surface area contributed by atoms with Crippen molar-refractivity contribution in [2.75, 3.05) is 29.9 Å². The van der Waals surface area contributed by atoms with Crippen LogP contribution in [0, 0.1) is 11.3 Å². The van der Waals surface area contributed by atoms with Crippen molar-refractivity contribution in [3.63, 3.8) is 0 Å². The van der Waals surface area contributed by atoms with Crippen LogP contribution in [-0.4, -0.2) is 20.1 Å². The molecule has 4 heteroatoms. The fourth-order valence-corrected chi connectivity index (χ4v) is 2.75. The number of nitrogens with zero attached hydrogens (tertiary/aromatic N) is 3. The van der Waals surface area contributed by atoms with E-state index in [0.717, 1.165) is 24.5 Å². The maximum Gasteiger partial charge on any atom is 0.101 e. The van der Waals surface area contributed by atoms with E-state index < -0.39 is 0 Å². The summed E-state index contributed by atoms with van der Waals surface area (Å²) in [6.07, 6.45) is 0. The van der Waals surface area contributed by atoms with Gasteiger partial charge in [-0.1, -0.05) is 23.7 Å². The van der Waals surface area contributed by atoms with E-state index in [0.29, 0.717) is 10.6 Å². The molecular formula is C16H14ClN3. The molecule has 1 aliphatic rings. The Morgan fingerprint density at radius 3 is 2.55 bits per heavy atom. The summed E-state index contributed by atoms with van der Waals surface area (Å²) in [4.78, 5) is 4.39. The topological polar surface area (TPSA) is 30.3 Å². The average Bonchev–Trinajstić information content (AvgIpc) is 2.48. The van der Waals surface area contributed by atoms with Gasteiger partial charge in [0, 0.05) is 25.2 Å². The Balaban J connectivity index is 2.15. The maximum atomic E-state index is 9.31. The van der Waals surface area contributed by atoms with Gasteiger partial charge in [-0.2, -0.15) is 5.26 Å². The largest absolute Gasteiger partial charge is 0.371 e. The van der Waals surface area contributed by atoms with Crippen LogP contribution in [0.4, 0.5) is 17.1 Å². The van der Waals surface area contributed by atoms with E-state index in [4.69, 9.17) is 11.6 Å². The van der Waals surface area contributed by atoms with E-state index in [1.807, 2.05) is 18.2 Å². The molecule has 0 amide bonds. The van der Waals surface area contributed by atoms with Gasteiger partial charge in [0.1, 0.15) is 6.07 Å². The zero-order valence-corrected chi connectivity index (χ0v) is 11.9. The molecule has 0 bridgehead atoms. The second-order valence-electron chi connectivity index (χ2n) is 4.84. The molecule has 2 aromatic carbocycles. The van der Waals surface area contributed by atoms with Gasteiger partial charge in [-0.3, -0.25) is 0 Å². The molecule has 0 saturated carbocycles. The van der Waals surface area contributed by atoms with Crippen molar-refractivity contribution in [3.05, 3.63) is 53.1 Å². The number of hydrogen-bond donors (Lipinski definition) is 0. The van der Waals surface area contributed by atoms with E-state index in [2.05, 4.69) is 35.0 Å². The second kappa shape index (κ2) is 5.07. The first-order chi connectivity index (χ1) is 9.70. The van der Waals surface area contributed by atoms with E-state index in [1.54, 1.807) is 12.1 Å². The Hall–Kier alpha value is -2.18. The highest BCUT2D eigenvalue weighted by molar-refractivity contribution is 6.31. The Morgan fingerprint density at radius 1 is 1.05 bits per heavy atom. The van der Waals surface area contributed by atoms with Gasteiger partial charge in [-0.05, 0) is 30.3 Å². The number of anilines is 3. The van der Waals surface area contributed by atoms with Crippen LogP contribution in [0.1, 0.15) is 5.56 Å². The van der Waals surface area contributed by atoms with Crippen molar-refractivity contribution >= 4 is 28.7 Å². The van der Waals surface area contributed by atoms with Crippen LogP contribution in [0.3, 0.4) is 0 Å². The minimum atomic E-state index is 0.647. The molecule has 0 spiro atoms. The fraction of sp³-hybridized carbons (Fsp3) is 0.188. The van der Waals surface area contributed by atoms with Gasteiger partial charge in [0.25, 0.3) is 0 Å². The number of benzene rings is 2. The van der Waals surface area contributed by atoms with Crippen molar-refractivity contribution in [2.45, 2.75) is 0 Å². The molecule has 0 unspecified atom stereocenters. The zero-order valence-electron chi connectivity index (χ0n) is 11.2. The summed E-state index contributed by atoms with van der Waals surface area (Å²) in [5.74, 6) is 0. The Kier molecular flexibility index (Phi) is 3.25. The van der Waals surface area contributed by atoms with Gasteiger partial charge >= 0.3 is 0 Å². The molecule has 3 nitrogen and oxygen atoms in total. The zero-order chi connectivity index (χ0) is 14.1. The molecule has 1 heterocycles. The summed E-state index contributed by atoms with van der Waals surface area (Å²) >= 11 is 6.10. The lowest BCUT2D eigenvalue weighted by Gasteiger charge is -2.37. The number of likely N-dealkylation sites (N-methyl/N-ethyl adjacent to an activating group) is 1. The predicted molar refractivity (Wildman–Crippen MR) is 82.9 cm³/mol. The molecule has 0 fully saturated rings. The quantitative estimate of drug-likeness (QED) is 0.797. The summed E-state index contributed by atoms with van der Waals surface area (Å²) in [5.41, 5.74) is 3.80. The number of nitriles is 1. The molecular weight excluding hydrogens is 270 g/mol. The van der Waals surface area contributed by atoms with Crippen LogP contribution in [0.2, 0.25) is 5.02 Å². The molecule has 100 valence electrons. The van der Waals surface area contributed by atoms with Crippen molar-refractivity contribution in [3.8, 4) is 6.07 Å². The summed E-state index contributed by atoms with van der Waals surface area (Å²) < 4.78 is 0. The maximum absolute atomic E-state index is 9.31. The van der Waals surface area contributed by atoms with Crippen molar-refractivity contribution in [1.82, 2.24) is 0 Å². The van der Waals surface area contributed by atoms with Crippen LogP contribution in [-0.2, 0) is 0 Å². The smallest absolute Gasteiger partial charge is 0.101 e. The third kappa shape index (κ3) is 2.09. The SMILES string of the molecule is CN1CCN(c2cc(Cl)ccc2C#N)c2ccccc21. The van der Waals surface area contributed by atoms with Gasteiger partial charge in [-0.15, -0.1) is 0 Å². The molecule has 0 N–H and O–H groups in total. The summed E-state index contributed by atoms with van der Waals surface area (Å²) in [7, 11) is 2.08. The minimum Gasteiger partial charge on any atom is -0.371 e. The molecule has 0 aliphatic carbocycles. The highest BCUT2D eigenvalue weighted by atomic mass is 35.5. The van der Waals surface area contributed by atoms with Gasteiger partial charge in [0.15, 0.2) is 0 Å². The van der Waals surface area contributed by atoms with E-state index in [9.17, 15) is 5.26 Å². The number of hydrogen-bond acceptors (Lipinski definition) is 3. The van der Waals surface area contributed by atoms with Crippen LogP contribution in [0.15, 0.2) is 42.5 Å². The monoisotopic (exact) mass is 283 g/mol. The normalized spacial score (nSPS) is 13.8. The highest BCUT2D eigenvalue weighted by Crippen LogP contribution is 2.38. The number of halogens is 1. The third-order valence-corrected chi connectivity index (χ3v) is 3.85. The fourth-order valence-electron chi connectivity index (χ4n) is 2.58. The average molecular weight is 284 g/mol. The lowest BCUT2D eigenvalue weighted by Crippen LogP contribution is -2.36. The third-order valence-electron chi connectivity index (χ3n) is 3.61. The molecule has 1 aliphatic heterocycles. The molecule has 0 radical (unpaired) electrons. The molecule has 2 aromatic rings. The Morgan fingerprint density at radius 2 is 1.80 bits per heavy atom. The highest BCUT2D eigenvalue weighted by Gasteiger charge is 2.22. The van der Waals surface area contributed by atoms with Crippen LogP contribution in [0.25, 0.3) is 0 Å². The van der Waals surface area contributed by atoms with Crippen LogP contribution >= 0.6 is 11.6 Å². The predicted octanol–water partition coefficient (Wildman–Crippen LogP) is 3.80. The van der Waals surface area contributed by atoms with Gasteiger partial charge in [0.05, 0.1) is 22.6 Å². The van der Waals surface area contributed by atoms with Crippen molar-refractivity contribution in [2.24, 2.45) is 0 Å². The summed E-state index contributed by atoms with van der Waals surface area (Å²) in [5, 5.41) is 9.96. The first kappa shape index (κ1) is 12.8. The first-order valence-corrected chi connectivity index (χ1v) is 6.86. The lowest BCUT2D eigenvalue weighted by atomic mass is 10.1. The van der Waals surface area contributed by atoms with E-state index in [1.165, 1.54) is 5.69 Å². The molecule has 0 saturated heterocycles. The lowest BCUT2D eigenvalue weighted by molar-refractivity contribution is 0.821. The molecule has 0 atom stereocenters. The number of rotatable bonds is 1. The first-order valence-electron chi connectivity index (χ1n) is 6.48. The molecule has 3 rings (SSSR count). The molecule has 0 aromatic heterocycles. The van der Waals surface area contributed by atoms with Crippen LogP contribution < -0.4 is 9.80 Å². The summed E-state index contributed by atoms with van der Waals surface area (Å²) in [6.45, 7) is 1.75. The summed E-state index contributed by atoms with van der Waals surface area (Å²) in [6, 6.07) is 15.9. The van der Waals surface area contributed by atoms with Crippen LogP contribution in [0.5, 0.6) is 0 Å². The van der Waals surface area contributed by atoms with Gasteiger partial charge in [-0.25, -0.2) is 0 Å². The van der Waals surface area contributed by atoms with Crippen molar-refractivity contribution < 1.29 is 0 Å². The molecule has 20 heavy (non-hydrogen) atoms. The van der Waals surface area contributed by atoms with Gasteiger partial charge in [0.2, 0.25) is 0 Å². The Bertz CT molecular complexity index is 690. The van der Waals surface area contributed by atoms with Crippen molar-refractivity contribution in [1.29, 1.82) is 5.26 Å². The minimum absolute atomic E-state index is 0.647. The second-order valence-corrected chi connectivity index (χ2v) is 5.27. The van der Waals surface area contributed by atoms with Gasteiger partial charge < -0.3 is 9.80 Å².